The van der Waals surface area contributed by atoms with Crippen LogP contribution in [0.5, 0.6) is 0 Å². The van der Waals surface area contributed by atoms with Gasteiger partial charge in [-0.1, -0.05) is 42.5 Å². The summed E-state index contributed by atoms with van der Waals surface area (Å²) in [6.45, 7) is 0.506. The number of ketones is 1. The van der Waals surface area contributed by atoms with E-state index in [0.717, 1.165) is 10.5 Å². The molecule has 1 fully saturated rings. The van der Waals surface area contributed by atoms with Crippen molar-refractivity contribution in [1.29, 1.82) is 0 Å². The van der Waals surface area contributed by atoms with Crippen LogP contribution in [0.15, 0.2) is 54.6 Å². The van der Waals surface area contributed by atoms with Crippen molar-refractivity contribution in [2.75, 3.05) is 19.6 Å². The van der Waals surface area contributed by atoms with Gasteiger partial charge in [0.05, 0.1) is 17.0 Å². The van der Waals surface area contributed by atoms with E-state index in [4.69, 9.17) is 4.74 Å². The molecular formula is C22H20N2O5. The first-order valence-corrected chi connectivity index (χ1v) is 9.48. The molecular weight excluding hydrogens is 372 g/mol. The van der Waals surface area contributed by atoms with Crippen LogP contribution >= 0.6 is 0 Å². The minimum absolute atomic E-state index is 0.0341. The highest BCUT2D eigenvalue weighted by molar-refractivity contribution is 6.21. The number of fused-ring (bicyclic) bond motifs is 1. The third-order valence-corrected chi connectivity index (χ3v) is 5.27. The largest absolute Gasteiger partial charge is 0.445 e. The molecule has 0 spiro atoms. The summed E-state index contributed by atoms with van der Waals surface area (Å²) in [5.74, 6) is -1.48. The normalized spacial score (nSPS) is 18.8. The minimum atomic E-state index is -0.616. The summed E-state index contributed by atoms with van der Waals surface area (Å²) in [4.78, 5) is 52.5. The standard InChI is InChI=1S/C22H20N2O5/c25-19-10-11-23(22(28)29-14-15-6-2-1-3-7-15)12-16(19)13-24-20(26)17-8-4-5-9-18(17)21(24)27/h1-9,16H,10-14H2. The van der Waals surface area contributed by atoms with Crippen molar-refractivity contribution >= 4 is 23.7 Å². The number of imide groups is 1. The van der Waals surface area contributed by atoms with Crippen LogP contribution in [-0.4, -0.2) is 53.1 Å². The zero-order chi connectivity index (χ0) is 20.4. The zero-order valence-corrected chi connectivity index (χ0v) is 15.7. The summed E-state index contributed by atoms with van der Waals surface area (Å²) in [6.07, 6.45) is -0.331. The van der Waals surface area contributed by atoms with Gasteiger partial charge < -0.3 is 9.64 Å². The summed E-state index contributed by atoms with van der Waals surface area (Å²) in [7, 11) is 0. The molecule has 2 aromatic rings. The predicted molar refractivity (Wildman–Crippen MR) is 103 cm³/mol. The van der Waals surface area contributed by atoms with Gasteiger partial charge in [0.2, 0.25) is 0 Å². The Bertz CT molecular complexity index is 937. The third-order valence-electron chi connectivity index (χ3n) is 5.27. The Labute approximate surface area is 167 Å². The van der Waals surface area contributed by atoms with Crippen LogP contribution < -0.4 is 0 Å². The number of hydrogen-bond acceptors (Lipinski definition) is 5. The van der Waals surface area contributed by atoms with Crippen molar-refractivity contribution in [3.05, 3.63) is 71.3 Å². The van der Waals surface area contributed by atoms with E-state index in [1.54, 1.807) is 24.3 Å². The van der Waals surface area contributed by atoms with Crippen LogP contribution in [0, 0.1) is 5.92 Å². The van der Waals surface area contributed by atoms with Gasteiger partial charge in [-0.2, -0.15) is 0 Å². The first kappa shape index (κ1) is 18.9. The molecule has 0 N–H and O–H groups in total. The van der Waals surface area contributed by atoms with Crippen LogP contribution in [0.2, 0.25) is 0 Å². The Balaban J connectivity index is 1.39. The average Bonchev–Trinajstić information content (AvgIpc) is 2.99. The molecule has 4 rings (SSSR count). The molecule has 1 unspecified atom stereocenters. The molecule has 1 atom stereocenters. The molecule has 0 radical (unpaired) electrons. The summed E-state index contributed by atoms with van der Waals surface area (Å²) in [5.41, 5.74) is 1.57. The molecule has 3 amide bonds. The second kappa shape index (κ2) is 7.87. The van der Waals surface area contributed by atoms with Gasteiger partial charge in [-0.3, -0.25) is 19.3 Å². The number of amides is 3. The topological polar surface area (TPSA) is 84.0 Å². The maximum absolute atomic E-state index is 12.6. The maximum atomic E-state index is 12.6. The molecule has 7 nitrogen and oxygen atoms in total. The third kappa shape index (κ3) is 3.76. The lowest BCUT2D eigenvalue weighted by atomic mass is 9.96. The van der Waals surface area contributed by atoms with Gasteiger partial charge in [0.25, 0.3) is 11.8 Å². The van der Waals surface area contributed by atoms with Crippen LogP contribution in [0.3, 0.4) is 0 Å². The Hall–Kier alpha value is -3.48. The van der Waals surface area contributed by atoms with Crippen molar-refractivity contribution in [1.82, 2.24) is 9.80 Å². The van der Waals surface area contributed by atoms with E-state index in [1.807, 2.05) is 30.3 Å². The maximum Gasteiger partial charge on any atom is 0.410 e. The van der Waals surface area contributed by atoms with Crippen molar-refractivity contribution in [2.45, 2.75) is 13.0 Å². The number of carbonyl (C=O) groups is 4. The highest BCUT2D eigenvalue weighted by Crippen LogP contribution is 2.25. The summed E-state index contributed by atoms with van der Waals surface area (Å²) in [6, 6.07) is 15.9. The number of benzene rings is 2. The molecule has 0 bridgehead atoms. The minimum Gasteiger partial charge on any atom is -0.445 e. The van der Waals surface area contributed by atoms with Gasteiger partial charge in [0.15, 0.2) is 0 Å². The molecule has 2 aliphatic rings. The highest BCUT2D eigenvalue weighted by Gasteiger charge is 2.39. The predicted octanol–water partition coefficient (Wildman–Crippen LogP) is 2.51. The van der Waals surface area contributed by atoms with Gasteiger partial charge in [0.1, 0.15) is 12.4 Å². The van der Waals surface area contributed by atoms with Crippen LogP contribution in [-0.2, 0) is 16.1 Å². The zero-order valence-electron chi connectivity index (χ0n) is 15.7. The van der Waals surface area contributed by atoms with E-state index in [1.165, 1.54) is 4.90 Å². The molecule has 148 valence electrons. The molecule has 0 saturated carbocycles. The Morgan fingerprint density at radius 3 is 2.21 bits per heavy atom. The van der Waals surface area contributed by atoms with Gasteiger partial charge in [-0.15, -0.1) is 0 Å². The van der Waals surface area contributed by atoms with Gasteiger partial charge in [-0.25, -0.2) is 4.79 Å². The SMILES string of the molecule is O=C1CCN(C(=O)OCc2ccccc2)CC1CN1C(=O)c2ccccc2C1=O. The lowest BCUT2D eigenvalue weighted by Gasteiger charge is -2.32. The number of piperidine rings is 1. The van der Waals surface area contributed by atoms with Gasteiger partial charge in [-0.05, 0) is 17.7 Å². The summed E-state index contributed by atoms with van der Waals surface area (Å²) in [5, 5.41) is 0. The lowest BCUT2D eigenvalue weighted by Crippen LogP contribution is -2.49. The number of rotatable bonds is 4. The smallest absolute Gasteiger partial charge is 0.410 e. The monoisotopic (exact) mass is 392 g/mol. The number of ether oxygens (including phenoxy) is 1. The second-order valence-electron chi connectivity index (χ2n) is 7.17. The first-order chi connectivity index (χ1) is 14.0. The average molecular weight is 392 g/mol. The Morgan fingerprint density at radius 1 is 0.931 bits per heavy atom. The molecule has 2 aromatic carbocycles. The van der Waals surface area contributed by atoms with E-state index in [9.17, 15) is 19.2 Å². The molecule has 7 heteroatoms. The van der Waals surface area contributed by atoms with E-state index >= 15 is 0 Å². The summed E-state index contributed by atoms with van der Waals surface area (Å²) < 4.78 is 5.34. The fourth-order valence-electron chi connectivity index (χ4n) is 3.67. The molecule has 0 aromatic heterocycles. The number of likely N-dealkylation sites (tertiary alicyclic amines) is 1. The lowest BCUT2D eigenvalue weighted by molar-refractivity contribution is -0.126. The Morgan fingerprint density at radius 2 is 1.55 bits per heavy atom. The highest BCUT2D eigenvalue weighted by atomic mass is 16.6. The Kier molecular flexibility index (Phi) is 5.12. The number of hydrogen-bond donors (Lipinski definition) is 0. The van der Waals surface area contributed by atoms with Crippen LogP contribution in [0.1, 0.15) is 32.7 Å². The number of nitrogens with zero attached hydrogens (tertiary/aromatic N) is 2. The number of carbonyl (C=O) groups excluding carboxylic acids is 4. The molecule has 2 aliphatic heterocycles. The summed E-state index contributed by atoms with van der Waals surface area (Å²) >= 11 is 0. The van der Waals surface area contributed by atoms with Gasteiger partial charge in [0, 0.05) is 26.1 Å². The van der Waals surface area contributed by atoms with Crippen LogP contribution in [0.25, 0.3) is 0 Å². The van der Waals surface area contributed by atoms with Crippen molar-refractivity contribution < 1.29 is 23.9 Å². The van der Waals surface area contributed by atoms with E-state index in [0.29, 0.717) is 11.1 Å². The van der Waals surface area contributed by atoms with Crippen molar-refractivity contribution in [3.8, 4) is 0 Å². The fourth-order valence-corrected chi connectivity index (χ4v) is 3.67. The van der Waals surface area contributed by atoms with Crippen molar-refractivity contribution in [2.24, 2.45) is 5.92 Å². The van der Waals surface area contributed by atoms with E-state index in [2.05, 4.69) is 0 Å². The molecule has 1 saturated heterocycles. The van der Waals surface area contributed by atoms with Crippen LogP contribution in [0.4, 0.5) is 4.79 Å². The van der Waals surface area contributed by atoms with Crippen molar-refractivity contribution in [3.63, 3.8) is 0 Å². The fraction of sp³-hybridized carbons (Fsp3) is 0.273. The molecule has 0 aliphatic carbocycles. The first-order valence-electron chi connectivity index (χ1n) is 9.48. The quantitative estimate of drug-likeness (QED) is 0.747. The van der Waals surface area contributed by atoms with E-state index < -0.39 is 23.8 Å². The van der Waals surface area contributed by atoms with E-state index in [-0.39, 0.29) is 38.4 Å². The molecule has 2 heterocycles. The number of Topliss-reactive ketones (excluding diaryl/α,β-unsaturated/α-hetero) is 1. The van der Waals surface area contributed by atoms with Gasteiger partial charge >= 0.3 is 6.09 Å². The molecule has 29 heavy (non-hydrogen) atoms. The second-order valence-corrected chi connectivity index (χ2v) is 7.17.